The molecule has 0 spiro atoms. The maximum atomic E-state index is 13.2. The van der Waals surface area contributed by atoms with Crippen molar-refractivity contribution in [3.63, 3.8) is 0 Å². The van der Waals surface area contributed by atoms with Crippen LogP contribution < -0.4 is 16.4 Å². The summed E-state index contributed by atoms with van der Waals surface area (Å²) < 4.78 is 26.1. The second-order valence-electron chi connectivity index (χ2n) is 5.47. The van der Waals surface area contributed by atoms with Crippen LogP contribution in [0.5, 0.6) is 0 Å². The van der Waals surface area contributed by atoms with Gasteiger partial charge in [0, 0.05) is 6.54 Å². The number of amides is 2. The zero-order valence-corrected chi connectivity index (χ0v) is 13.6. The van der Waals surface area contributed by atoms with E-state index in [4.69, 9.17) is 11.0 Å². The average molecular weight is 348 g/mol. The molecule has 132 valence electrons. The molecule has 1 aromatic heterocycles. The fourth-order valence-electron chi connectivity index (χ4n) is 2.28. The van der Waals surface area contributed by atoms with Crippen molar-refractivity contribution in [3.05, 3.63) is 46.7 Å². The van der Waals surface area contributed by atoms with Crippen molar-refractivity contribution in [1.29, 1.82) is 5.26 Å². The lowest BCUT2D eigenvalue weighted by Crippen LogP contribution is -2.37. The van der Waals surface area contributed by atoms with Crippen molar-refractivity contribution < 1.29 is 13.6 Å². The summed E-state index contributed by atoms with van der Waals surface area (Å²) in [4.78, 5) is 11.8. The van der Waals surface area contributed by atoms with Gasteiger partial charge in [-0.05, 0) is 37.5 Å². The van der Waals surface area contributed by atoms with E-state index in [2.05, 4.69) is 20.8 Å². The molecular formula is C16H18F2N6O. The Kier molecular flexibility index (Phi) is 5.89. The van der Waals surface area contributed by atoms with Gasteiger partial charge >= 0.3 is 6.03 Å². The number of halogens is 2. The van der Waals surface area contributed by atoms with E-state index in [9.17, 15) is 13.6 Å². The van der Waals surface area contributed by atoms with E-state index in [1.807, 2.05) is 6.07 Å². The summed E-state index contributed by atoms with van der Waals surface area (Å²) in [6.07, 6.45) is 1.08. The molecule has 0 aliphatic rings. The van der Waals surface area contributed by atoms with E-state index in [0.29, 0.717) is 36.2 Å². The molecular weight excluding hydrogens is 330 g/mol. The van der Waals surface area contributed by atoms with Crippen LogP contribution in [0.4, 0.5) is 19.4 Å². The van der Waals surface area contributed by atoms with Crippen LogP contribution in [0.25, 0.3) is 0 Å². The number of hydrogen-bond acceptors (Lipinski definition) is 4. The van der Waals surface area contributed by atoms with Crippen molar-refractivity contribution in [1.82, 2.24) is 20.8 Å². The van der Waals surface area contributed by atoms with E-state index >= 15 is 0 Å². The third kappa shape index (κ3) is 4.67. The molecule has 5 N–H and O–H groups in total. The van der Waals surface area contributed by atoms with E-state index in [1.165, 1.54) is 6.07 Å². The molecule has 0 saturated heterocycles. The number of hydrogen-bond donors (Lipinski definition) is 4. The Morgan fingerprint density at radius 2 is 2.20 bits per heavy atom. The Bertz CT molecular complexity index is 798. The lowest BCUT2D eigenvalue weighted by molar-refractivity contribution is 0.237. The fourth-order valence-corrected chi connectivity index (χ4v) is 2.28. The summed E-state index contributed by atoms with van der Waals surface area (Å²) in [7, 11) is 0. The summed E-state index contributed by atoms with van der Waals surface area (Å²) in [5.74, 6) is -1.74. The van der Waals surface area contributed by atoms with Crippen LogP contribution in [0.2, 0.25) is 0 Å². The highest BCUT2D eigenvalue weighted by molar-refractivity contribution is 5.74. The fraction of sp³-hybridized carbons (Fsp3) is 0.312. The van der Waals surface area contributed by atoms with Gasteiger partial charge in [-0.1, -0.05) is 6.07 Å². The van der Waals surface area contributed by atoms with Crippen molar-refractivity contribution in [2.75, 3.05) is 12.3 Å². The maximum Gasteiger partial charge on any atom is 0.315 e. The van der Waals surface area contributed by atoms with Crippen molar-refractivity contribution >= 4 is 11.8 Å². The third-order valence-corrected chi connectivity index (χ3v) is 3.66. The molecule has 25 heavy (non-hydrogen) atoms. The zero-order chi connectivity index (χ0) is 18.4. The summed E-state index contributed by atoms with van der Waals surface area (Å²) in [5.41, 5.74) is 6.94. The predicted octanol–water partition coefficient (Wildman–Crippen LogP) is 2.13. The van der Waals surface area contributed by atoms with Gasteiger partial charge in [-0.3, -0.25) is 5.10 Å². The number of nitrogen functional groups attached to an aromatic ring is 1. The van der Waals surface area contributed by atoms with Crippen LogP contribution >= 0.6 is 0 Å². The van der Waals surface area contributed by atoms with Gasteiger partial charge in [0.1, 0.15) is 11.6 Å². The van der Waals surface area contributed by atoms with Gasteiger partial charge in [0.05, 0.1) is 11.7 Å². The first-order valence-corrected chi connectivity index (χ1v) is 7.64. The molecule has 1 aromatic carbocycles. The maximum absolute atomic E-state index is 13.2. The van der Waals surface area contributed by atoms with Crippen LogP contribution in [0, 0.1) is 23.0 Å². The smallest absolute Gasteiger partial charge is 0.315 e. The molecule has 2 amide bonds. The van der Waals surface area contributed by atoms with Crippen LogP contribution in [0.15, 0.2) is 18.2 Å². The minimum Gasteiger partial charge on any atom is -0.381 e. The summed E-state index contributed by atoms with van der Waals surface area (Å²) in [5, 5.41) is 20.7. The lowest BCUT2D eigenvalue weighted by atomic mass is 10.1. The van der Waals surface area contributed by atoms with Gasteiger partial charge in [0.2, 0.25) is 0 Å². The number of nitrogens with one attached hydrogen (secondary N) is 3. The normalized spacial score (nSPS) is 11.6. The van der Waals surface area contributed by atoms with E-state index in [0.717, 1.165) is 12.1 Å². The number of rotatable bonds is 6. The van der Waals surface area contributed by atoms with Gasteiger partial charge in [-0.25, -0.2) is 13.6 Å². The molecule has 1 atom stereocenters. The number of anilines is 1. The van der Waals surface area contributed by atoms with Gasteiger partial charge in [0.25, 0.3) is 0 Å². The second kappa shape index (κ2) is 8.10. The van der Waals surface area contributed by atoms with Crippen LogP contribution in [-0.2, 0) is 6.42 Å². The van der Waals surface area contributed by atoms with E-state index in [-0.39, 0.29) is 5.82 Å². The first-order valence-electron chi connectivity index (χ1n) is 7.64. The SMILES string of the molecule is C[C@H](NC(=O)NCCCc1[nH]nc(N)c1C#N)c1ccc(F)c(F)c1. The molecule has 7 nitrogen and oxygen atoms in total. The van der Waals surface area contributed by atoms with Crippen LogP contribution in [0.1, 0.15) is 36.2 Å². The minimum atomic E-state index is -0.960. The number of benzene rings is 1. The number of nitriles is 1. The number of urea groups is 1. The van der Waals surface area contributed by atoms with Crippen molar-refractivity contribution in [2.45, 2.75) is 25.8 Å². The van der Waals surface area contributed by atoms with Gasteiger partial charge < -0.3 is 16.4 Å². The summed E-state index contributed by atoms with van der Waals surface area (Å²) >= 11 is 0. The summed E-state index contributed by atoms with van der Waals surface area (Å²) in [6, 6.07) is 4.54. The second-order valence-corrected chi connectivity index (χ2v) is 5.47. The Morgan fingerprint density at radius 3 is 2.88 bits per heavy atom. The number of carbonyl (C=O) groups is 1. The number of H-pyrrole nitrogens is 1. The standard InChI is InChI=1S/C16H18F2N6O/c1-9(10-4-5-12(17)13(18)7-10)22-16(25)21-6-2-3-14-11(8-19)15(20)24-23-14/h4-5,7,9H,2-3,6H2,1H3,(H3,20,23,24)(H2,21,22,25)/t9-/m0/s1. The molecule has 0 radical (unpaired) electrons. The largest absolute Gasteiger partial charge is 0.381 e. The molecule has 0 aliphatic heterocycles. The first-order chi connectivity index (χ1) is 11.9. The average Bonchev–Trinajstić information content (AvgIpc) is 2.93. The molecule has 0 saturated carbocycles. The van der Waals surface area contributed by atoms with Gasteiger partial charge in [-0.15, -0.1) is 0 Å². The molecule has 0 unspecified atom stereocenters. The topological polar surface area (TPSA) is 120 Å². The number of nitrogens with zero attached hydrogens (tertiary/aromatic N) is 2. The number of aromatic amines is 1. The lowest BCUT2D eigenvalue weighted by Gasteiger charge is -2.15. The number of carbonyl (C=O) groups excluding carboxylic acids is 1. The Labute approximate surface area is 143 Å². The quantitative estimate of drug-likeness (QED) is 0.598. The summed E-state index contributed by atoms with van der Waals surface area (Å²) in [6.45, 7) is 2.03. The zero-order valence-electron chi connectivity index (χ0n) is 13.6. The molecule has 9 heteroatoms. The Morgan fingerprint density at radius 1 is 1.44 bits per heavy atom. The Balaban J connectivity index is 1.77. The van der Waals surface area contributed by atoms with Crippen LogP contribution in [-0.4, -0.2) is 22.8 Å². The third-order valence-electron chi connectivity index (χ3n) is 3.66. The highest BCUT2D eigenvalue weighted by Gasteiger charge is 2.12. The molecule has 0 fully saturated rings. The highest BCUT2D eigenvalue weighted by atomic mass is 19.2. The van der Waals surface area contributed by atoms with Crippen molar-refractivity contribution in [2.24, 2.45) is 0 Å². The minimum absolute atomic E-state index is 0.156. The molecule has 0 aliphatic carbocycles. The van der Waals surface area contributed by atoms with Crippen LogP contribution in [0.3, 0.4) is 0 Å². The van der Waals surface area contributed by atoms with Gasteiger partial charge in [0.15, 0.2) is 17.5 Å². The van der Waals surface area contributed by atoms with Gasteiger partial charge in [-0.2, -0.15) is 10.4 Å². The highest BCUT2D eigenvalue weighted by Crippen LogP contribution is 2.16. The number of nitrogens with two attached hydrogens (primary N) is 1. The van der Waals surface area contributed by atoms with E-state index in [1.54, 1.807) is 6.92 Å². The Hall–Kier alpha value is -3.15. The van der Waals surface area contributed by atoms with E-state index < -0.39 is 23.7 Å². The number of aromatic nitrogens is 2. The molecule has 2 rings (SSSR count). The molecule has 2 aromatic rings. The number of aryl methyl sites for hydroxylation is 1. The monoisotopic (exact) mass is 348 g/mol. The molecule has 0 bridgehead atoms. The van der Waals surface area contributed by atoms with Crippen molar-refractivity contribution in [3.8, 4) is 6.07 Å². The predicted molar refractivity (Wildman–Crippen MR) is 87.3 cm³/mol. The first kappa shape index (κ1) is 18.2. The molecule has 1 heterocycles.